The van der Waals surface area contributed by atoms with E-state index in [9.17, 15) is 0 Å². The van der Waals surface area contributed by atoms with Gasteiger partial charge in [0.2, 0.25) is 0 Å². The Morgan fingerprint density at radius 3 is 2.63 bits per heavy atom. The van der Waals surface area contributed by atoms with Gasteiger partial charge < -0.3 is 10.5 Å². The molecule has 3 N–H and O–H groups in total. The highest BCUT2D eigenvalue weighted by molar-refractivity contribution is 5.73. The minimum Gasteiger partial charge on any atom is -0.496 e. The molecular weight excluding hydrogens is 238 g/mol. The van der Waals surface area contributed by atoms with Crippen LogP contribution >= 0.6 is 0 Å². The van der Waals surface area contributed by atoms with Gasteiger partial charge in [-0.1, -0.05) is 0 Å². The van der Waals surface area contributed by atoms with Crippen LogP contribution in [0, 0.1) is 20.8 Å². The number of nitrogens with one attached hydrogen (secondary N) is 1. The second-order valence-electron chi connectivity index (χ2n) is 4.83. The topological polar surface area (TPSA) is 63.9 Å². The molecule has 1 heterocycles. The Balaban J connectivity index is 2.62. The predicted molar refractivity (Wildman–Crippen MR) is 77.5 cm³/mol. The fourth-order valence-electron chi connectivity index (χ4n) is 2.51. The largest absolute Gasteiger partial charge is 0.496 e. The molecule has 1 aromatic heterocycles. The highest BCUT2D eigenvalue weighted by atomic mass is 16.5. The Labute approximate surface area is 114 Å². The second-order valence-corrected chi connectivity index (χ2v) is 4.83. The number of H-pyrrole nitrogens is 1. The molecule has 4 heteroatoms. The molecule has 2 aromatic rings. The average molecular weight is 259 g/mol. The first-order chi connectivity index (χ1) is 9.10. The van der Waals surface area contributed by atoms with Crippen LogP contribution in [0.1, 0.15) is 22.3 Å². The maximum Gasteiger partial charge on any atom is 0.122 e. The summed E-state index contributed by atoms with van der Waals surface area (Å²) in [5.41, 5.74) is 12.7. The number of ether oxygens (including phenoxy) is 1. The lowest BCUT2D eigenvalue weighted by Gasteiger charge is -2.16. The van der Waals surface area contributed by atoms with E-state index in [4.69, 9.17) is 10.5 Å². The molecule has 0 saturated heterocycles. The number of aromatic amines is 1. The van der Waals surface area contributed by atoms with Gasteiger partial charge in [0.05, 0.1) is 19.0 Å². The van der Waals surface area contributed by atoms with Crippen molar-refractivity contribution < 1.29 is 4.74 Å². The van der Waals surface area contributed by atoms with E-state index in [1.165, 1.54) is 22.3 Å². The maximum atomic E-state index is 5.66. The molecule has 2 rings (SSSR count). The van der Waals surface area contributed by atoms with Crippen molar-refractivity contribution >= 4 is 0 Å². The molecule has 4 nitrogen and oxygen atoms in total. The van der Waals surface area contributed by atoms with Crippen LogP contribution in [0.4, 0.5) is 0 Å². The molecule has 0 atom stereocenters. The van der Waals surface area contributed by atoms with Crippen molar-refractivity contribution in [2.24, 2.45) is 5.73 Å². The smallest absolute Gasteiger partial charge is 0.122 e. The van der Waals surface area contributed by atoms with Crippen molar-refractivity contribution in [2.75, 3.05) is 13.7 Å². The number of hydrogen-bond acceptors (Lipinski definition) is 3. The fraction of sp³-hybridized carbons (Fsp3) is 0.400. The van der Waals surface area contributed by atoms with E-state index in [0.29, 0.717) is 6.54 Å². The number of benzene rings is 1. The van der Waals surface area contributed by atoms with Gasteiger partial charge in [-0.25, -0.2) is 0 Å². The lowest BCUT2D eigenvalue weighted by Crippen LogP contribution is -2.04. The van der Waals surface area contributed by atoms with Crippen molar-refractivity contribution in [3.8, 4) is 17.0 Å². The molecule has 1 aromatic carbocycles. The van der Waals surface area contributed by atoms with Gasteiger partial charge in [0.1, 0.15) is 5.75 Å². The highest BCUT2D eigenvalue weighted by Crippen LogP contribution is 2.35. The summed E-state index contributed by atoms with van der Waals surface area (Å²) in [4.78, 5) is 0. The SMILES string of the molecule is COc1cc(C)c(-c2[nH]ncc2CCN)c(C)c1C. The van der Waals surface area contributed by atoms with Crippen molar-refractivity contribution in [3.05, 3.63) is 34.5 Å². The Morgan fingerprint density at radius 1 is 1.26 bits per heavy atom. The Hall–Kier alpha value is -1.81. The van der Waals surface area contributed by atoms with Crippen molar-refractivity contribution in [3.63, 3.8) is 0 Å². The van der Waals surface area contributed by atoms with E-state index in [-0.39, 0.29) is 0 Å². The molecule has 0 radical (unpaired) electrons. The number of aromatic nitrogens is 2. The van der Waals surface area contributed by atoms with Gasteiger partial charge in [0.15, 0.2) is 0 Å². The summed E-state index contributed by atoms with van der Waals surface area (Å²) < 4.78 is 5.41. The van der Waals surface area contributed by atoms with Crippen molar-refractivity contribution in [1.82, 2.24) is 10.2 Å². The zero-order valence-electron chi connectivity index (χ0n) is 12.0. The first-order valence-corrected chi connectivity index (χ1v) is 6.47. The number of methoxy groups -OCH3 is 1. The number of nitrogens with zero attached hydrogens (tertiary/aromatic N) is 1. The molecule has 0 unspecified atom stereocenters. The summed E-state index contributed by atoms with van der Waals surface area (Å²) >= 11 is 0. The quantitative estimate of drug-likeness (QED) is 0.886. The van der Waals surface area contributed by atoms with Gasteiger partial charge >= 0.3 is 0 Å². The molecule has 0 aliphatic heterocycles. The van der Waals surface area contributed by atoms with E-state index in [0.717, 1.165) is 23.4 Å². The predicted octanol–water partition coefficient (Wildman–Crippen LogP) is 2.51. The van der Waals surface area contributed by atoms with Gasteiger partial charge in [-0.15, -0.1) is 0 Å². The average Bonchev–Trinajstić information content (AvgIpc) is 2.83. The number of rotatable bonds is 4. The summed E-state index contributed by atoms with van der Waals surface area (Å²) in [5, 5.41) is 7.27. The van der Waals surface area contributed by atoms with E-state index in [2.05, 4.69) is 37.0 Å². The Morgan fingerprint density at radius 2 is 2.00 bits per heavy atom. The lowest BCUT2D eigenvalue weighted by atomic mass is 9.93. The first-order valence-electron chi connectivity index (χ1n) is 6.47. The van der Waals surface area contributed by atoms with Gasteiger partial charge in [-0.05, 0) is 62.1 Å². The third-order valence-electron chi connectivity index (χ3n) is 3.65. The molecule has 0 aliphatic rings. The van der Waals surface area contributed by atoms with E-state index in [1.807, 2.05) is 6.20 Å². The molecule has 19 heavy (non-hydrogen) atoms. The van der Waals surface area contributed by atoms with Crippen LogP contribution in [0.25, 0.3) is 11.3 Å². The molecule has 102 valence electrons. The van der Waals surface area contributed by atoms with Crippen LogP contribution in [-0.4, -0.2) is 23.9 Å². The minimum atomic E-state index is 0.625. The van der Waals surface area contributed by atoms with E-state index < -0.39 is 0 Å². The van der Waals surface area contributed by atoms with Crippen LogP contribution in [0.3, 0.4) is 0 Å². The van der Waals surface area contributed by atoms with Gasteiger partial charge in [-0.3, -0.25) is 5.10 Å². The highest BCUT2D eigenvalue weighted by Gasteiger charge is 2.16. The third-order valence-corrected chi connectivity index (χ3v) is 3.65. The number of nitrogens with two attached hydrogens (primary N) is 1. The Kier molecular flexibility index (Phi) is 3.90. The second kappa shape index (κ2) is 5.45. The molecule has 0 bridgehead atoms. The van der Waals surface area contributed by atoms with E-state index >= 15 is 0 Å². The van der Waals surface area contributed by atoms with Crippen LogP contribution in [0.15, 0.2) is 12.3 Å². The van der Waals surface area contributed by atoms with Crippen molar-refractivity contribution in [2.45, 2.75) is 27.2 Å². The standard InChI is InChI=1S/C15H21N3O/c1-9-7-13(19-4)10(2)11(3)14(9)15-12(5-6-16)8-17-18-15/h7-8H,5-6,16H2,1-4H3,(H,17,18). The van der Waals surface area contributed by atoms with Crippen LogP contribution in [0.5, 0.6) is 5.75 Å². The van der Waals surface area contributed by atoms with Crippen molar-refractivity contribution in [1.29, 1.82) is 0 Å². The summed E-state index contributed by atoms with van der Waals surface area (Å²) in [6, 6.07) is 2.07. The zero-order chi connectivity index (χ0) is 14.0. The third kappa shape index (κ3) is 2.36. The summed E-state index contributed by atoms with van der Waals surface area (Å²) in [6.45, 7) is 6.92. The fourth-order valence-corrected chi connectivity index (χ4v) is 2.51. The monoisotopic (exact) mass is 259 g/mol. The molecule has 0 amide bonds. The number of aryl methyl sites for hydroxylation is 1. The molecule has 0 saturated carbocycles. The maximum absolute atomic E-state index is 5.66. The normalized spacial score (nSPS) is 10.8. The zero-order valence-corrected chi connectivity index (χ0v) is 12.0. The number of hydrogen-bond donors (Lipinski definition) is 2. The summed E-state index contributed by atoms with van der Waals surface area (Å²) in [7, 11) is 1.71. The summed E-state index contributed by atoms with van der Waals surface area (Å²) in [5.74, 6) is 0.929. The minimum absolute atomic E-state index is 0.625. The lowest BCUT2D eigenvalue weighted by molar-refractivity contribution is 0.411. The van der Waals surface area contributed by atoms with Gasteiger partial charge in [0.25, 0.3) is 0 Å². The van der Waals surface area contributed by atoms with Crippen LogP contribution < -0.4 is 10.5 Å². The van der Waals surface area contributed by atoms with Crippen LogP contribution in [-0.2, 0) is 6.42 Å². The van der Waals surface area contributed by atoms with Gasteiger partial charge in [0, 0.05) is 5.56 Å². The van der Waals surface area contributed by atoms with Crippen LogP contribution in [0.2, 0.25) is 0 Å². The molecule has 0 fully saturated rings. The van der Waals surface area contributed by atoms with E-state index in [1.54, 1.807) is 7.11 Å². The molecule has 0 spiro atoms. The first kappa shape index (κ1) is 13.6. The van der Waals surface area contributed by atoms with Gasteiger partial charge in [-0.2, -0.15) is 5.10 Å². The molecular formula is C15H21N3O. The Bertz CT molecular complexity index is 587. The molecule has 0 aliphatic carbocycles. The summed E-state index contributed by atoms with van der Waals surface area (Å²) in [6.07, 6.45) is 2.69.